The number of rotatable bonds is 4. The molecule has 0 spiro atoms. The summed E-state index contributed by atoms with van der Waals surface area (Å²) >= 11 is 0. The Hall–Kier alpha value is -0.900. The second kappa shape index (κ2) is 6.15. The second-order valence-electron chi connectivity index (χ2n) is 4.63. The monoisotopic (exact) mass is 235 g/mol. The topological polar surface area (TPSA) is 41.5 Å². The minimum atomic E-state index is -0.429. The Labute approximate surface area is 103 Å². The molecule has 1 aromatic rings. The summed E-state index contributed by atoms with van der Waals surface area (Å²) in [5.41, 5.74) is 2.07. The number of aliphatic hydroxyl groups excluding tert-OH is 1. The van der Waals surface area contributed by atoms with Gasteiger partial charge in [-0.15, -0.1) is 0 Å². The van der Waals surface area contributed by atoms with Gasteiger partial charge in [0.25, 0.3) is 0 Å². The molecule has 2 rings (SSSR count). The van der Waals surface area contributed by atoms with Gasteiger partial charge in [0.2, 0.25) is 0 Å². The molecule has 94 valence electrons. The molecule has 1 aromatic carbocycles. The standard InChI is InChI=1S/C14H21NO2/c1-17-10-11-6-2-3-7-12(11)14(16)13-8-4-5-9-15-13/h2-3,6-7,13-16H,4-5,8-10H2,1H3. The van der Waals surface area contributed by atoms with Crippen LogP contribution in [0.2, 0.25) is 0 Å². The lowest BCUT2D eigenvalue weighted by Crippen LogP contribution is -2.39. The Morgan fingerprint density at radius 2 is 2.24 bits per heavy atom. The molecule has 1 fully saturated rings. The van der Waals surface area contributed by atoms with E-state index in [-0.39, 0.29) is 6.04 Å². The Kier molecular flexibility index (Phi) is 4.54. The first kappa shape index (κ1) is 12.6. The number of hydrogen-bond acceptors (Lipinski definition) is 3. The van der Waals surface area contributed by atoms with E-state index in [1.807, 2.05) is 24.3 Å². The number of hydrogen-bond donors (Lipinski definition) is 2. The first-order valence-electron chi connectivity index (χ1n) is 6.31. The van der Waals surface area contributed by atoms with Crippen molar-refractivity contribution in [2.75, 3.05) is 13.7 Å². The van der Waals surface area contributed by atoms with Crippen LogP contribution in [0, 0.1) is 0 Å². The molecule has 3 heteroatoms. The molecule has 2 N–H and O–H groups in total. The van der Waals surface area contributed by atoms with Gasteiger partial charge in [-0.05, 0) is 30.5 Å². The first-order valence-corrected chi connectivity index (χ1v) is 6.31. The van der Waals surface area contributed by atoms with Gasteiger partial charge in [-0.2, -0.15) is 0 Å². The number of ether oxygens (including phenoxy) is 1. The molecule has 1 heterocycles. The fourth-order valence-corrected chi connectivity index (χ4v) is 2.47. The second-order valence-corrected chi connectivity index (χ2v) is 4.63. The maximum atomic E-state index is 10.4. The van der Waals surface area contributed by atoms with Gasteiger partial charge in [0, 0.05) is 13.2 Å². The SMILES string of the molecule is COCc1ccccc1C(O)C1CCCCN1. The Morgan fingerprint density at radius 3 is 2.94 bits per heavy atom. The van der Waals surface area contributed by atoms with Gasteiger partial charge >= 0.3 is 0 Å². The number of nitrogens with one attached hydrogen (secondary N) is 1. The Balaban J connectivity index is 2.14. The zero-order chi connectivity index (χ0) is 12.1. The quantitative estimate of drug-likeness (QED) is 0.839. The first-order chi connectivity index (χ1) is 8.33. The summed E-state index contributed by atoms with van der Waals surface area (Å²) in [5, 5.41) is 13.8. The van der Waals surface area contributed by atoms with Crippen LogP contribution in [0.4, 0.5) is 0 Å². The summed E-state index contributed by atoms with van der Waals surface area (Å²) in [7, 11) is 1.68. The van der Waals surface area contributed by atoms with Crippen LogP contribution in [0.5, 0.6) is 0 Å². The number of piperidine rings is 1. The largest absolute Gasteiger partial charge is 0.387 e. The summed E-state index contributed by atoms with van der Waals surface area (Å²) in [4.78, 5) is 0. The van der Waals surface area contributed by atoms with Crippen LogP contribution < -0.4 is 5.32 Å². The minimum absolute atomic E-state index is 0.182. The highest BCUT2D eigenvalue weighted by molar-refractivity contribution is 5.29. The van der Waals surface area contributed by atoms with Gasteiger partial charge < -0.3 is 15.2 Å². The van der Waals surface area contributed by atoms with Gasteiger partial charge in [0.05, 0.1) is 12.7 Å². The molecule has 0 bridgehead atoms. The summed E-state index contributed by atoms with van der Waals surface area (Å²) in [6.45, 7) is 1.56. The molecule has 17 heavy (non-hydrogen) atoms. The average molecular weight is 235 g/mol. The van der Waals surface area contributed by atoms with E-state index in [9.17, 15) is 5.11 Å². The van der Waals surface area contributed by atoms with Gasteiger partial charge in [-0.25, -0.2) is 0 Å². The highest BCUT2D eigenvalue weighted by Gasteiger charge is 2.24. The molecule has 0 saturated carbocycles. The molecule has 1 saturated heterocycles. The maximum Gasteiger partial charge on any atom is 0.0946 e. The summed E-state index contributed by atoms with van der Waals surface area (Å²) < 4.78 is 5.17. The van der Waals surface area contributed by atoms with Crippen molar-refractivity contribution in [2.45, 2.75) is 38.0 Å². The molecule has 0 aromatic heterocycles. The lowest BCUT2D eigenvalue weighted by Gasteiger charge is -2.29. The molecule has 0 amide bonds. The van der Waals surface area contributed by atoms with E-state index >= 15 is 0 Å². The van der Waals surface area contributed by atoms with Crippen molar-refractivity contribution in [3.63, 3.8) is 0 Å². The molecule has 2 unspecified atom stereocenters. The van der Waals surface area contributed by atoms with Crippen LogP contribution in [0.15, 0.2) is 24.3 Å². The van der Waals surface area contributed by atoms with Crippen LogP contribution in [0.3, 0.4) is 0 Å². The van der Waals surface area contributed by atoms with E-state index in [2.05, 4.69) is 5.32 Å². The van der Waals surface area contributed by atoms with Crippen LogP contribution >= 0.6 is 0 Å². The molecule has 3 nitrogen and oxygen atoms in total. The minimum Gasteiger partial charge on any atom is -0.387 e. The third kappa shape index (κ3) is 3.06. The van der Waals surface area contributed by atoms with E-state index in [0.717, 1.165) is 24.1 Å². The summed E-state index contributed by atoms with van der Waals surface area (Å²) in [6, 6.07) is 8.15. The normalized spacial score (nSPS) is 22.4. The fraction of sp³-hybridized carbons (Fsp3) is 0.571. The van der Waals surface area contributed by atoms with E-state index in [4.69, 9.17) is 4.74 Å². The highest BCUT2D eigenvalue weighted by atomic mass is 16.5. The predicted octanol–water partition coefficient (Wildman–Crippen LogP) is 2.01. The highest BCUT2D eigenvalue weighted by Crippen LogP contribution is 2.25. The molecule has 0 aliphatic carbocycles. The van der Waals surface area contributed by atoms with Crippen LogP contribution in [-0.2, 0) is 11.3 Å². The molecular formula is C14H21NO2. The van der Waals surface area contributed by atoms with E-state index in [1.54, 1.807) is 7.11 Å². The Bertz CT molecular complexity index is 348. The smallest absolute Gasteiger partial charge is 0.0946 e. The molecule has 0 radical (unpaired) electrons. The van der Waals surface area contributed by atoms with Crippen LogP contribution in [0.25, 0.3) is 0 Å². The zero-order valence-electron chi connectivity index (χ0n) is 10.4. The van der Waals surface area contributed by atoms with Gasteiger partial charge in [0.15, 0.2) is 0 Å². The lowest BCUT2D eigenvalue weighted by molar-refractivity contribution is 0.109. The molecule has 2 atom stereocenters. The Morgan fingerprint density at radius 1 is 1.41 bits per heavy atom. The number of benzene rings is 1. The van der Waals surface area contributed by atoms with Crippen molar-refractivity contribution in [1.29, 1.82) is 0 Å². The summed E-state index contributed by atoms with van der Waals surface area (Å²) in [5.74, 6) is 0. The third-order valence-electron chi connectivity index (χ3n) is 3.40. The number of aliphatic hydroxyl groups is 1. The van der Waals surface area contributed by atoms with E-state index < -0.39 is 6.10 Å². The zero-order valence-corrected chi connectivity index (χ0v) is 10.4. The molecule has 1 aliphatic heterocycles. The van der Waals surface area contributed by atoms with Crippen molar-refractivity contribution in [1.82, 2.24) is 5.32 Å². The predicted molar refractivity (Wildman–Crippen MR) is 67.8 cm³/mol. The fourth-order valence-electron chi connectivity index (χ4n) is 2.47. The van der Waals surface area contributed by atoms with Crippen LogP contribution in [-0.4, -0.2) is 24.8 Å². The van der Waals surface area contributed by atoms with Crippen molar-refractivity contribution in [2.24, 2.45) is 0 Å². The summed E-state index contributed by atoms with van der Waals surface area (Å²) in [6.07, 6.45) is 3.02. The molecule has 1 aliphatic rings. The van der Waals surface area contributed by atoms with E-state index in [1.165, 1.54) is 12.8 Å². The van der Waals surface area contributed by atoms with Crippen molar-refractivity contribution < 1.29 is 9.84 Å². The van der Waals surface area contributed by atoms with Gasteiger partial charge in [0.1, 0.15) is 0 Å². The van der Waals surface area contributed by atoms with Crippen LogP contribution in [0.1, 0.15) is 36.5 Å². The average Bonchev–Trinajstić information content (AvgIpc) is 2.40. The molecular weight excluding hydrogens is 214 g/mol. The van der Waals surface area contributed by atoms with Crippen molar-refractivity contribution in [3.8, 4) is 0 Å². The lowest BCUT2D eigenvalue weighted by atomic mass is 9.92. The van der Waals surface area contributed by atoms with Gasteiger partial charge in [-0.3, -0.25) is 0 Å². The van der Waals surface area contributed by atoms with Gasteiger partial charge in [-0.1, -0.05) is 30.7 Å². The maximum absolute atomic E-state index is 10.4. The third-order valence-corrected chi connectivity index (χ3v) is 3.40. The van der Waals surface area contributed by atoms with Crippen molar-refractivity contribution >= 4 is 0 Å². The number of methoxy groups -OCH3 is 1. The van der Waals surface area contributed by atoms with Crippen molar-refractivity contribution in [3.05, 3.63) is 35.4 Å². The van der Waals surface area contributed by atoms with E-state index in [0.29, 0.717) is 6.61 Å².